The molecule has 3 aliphatic rings. The molecule has 6 nitrogen and oxygen atoms in total. The molecule has 2 aliphatic carbocycles. The number of carbonyl (C=O) groups is 3. The van der Waals surface area contributed by atoms with Crippen molar-refractivity contribution in [1.82, 2.24) is 16.0 Å². The van der Waals surface area contributed by atoms with E-state index >= 15 is 0 Å². The molecule has 3 fully saturated rings. The topological polar surface area (TPSA) is 87.3 Å². The van der Waals surface area contributed by atoms with E-state index in [-0.39, 0.29) is 17.9 Å². The highest BCUT2D eigenvalue weighted by Gasteiger charge is 2.30. The van der Waals surface area contributed by atoms with Crippen molar-refractivity contribution in [2.75, 3.05) is 0 Å². The van der Waals surface area contributed by atoms with Crippen LogP contribution in [0.2, 0.25) is 0 Å². The summed E-state index contributed by atoms with van der Waals surface area (Å²) in [6, 6.07) is 7.53. The van der Waals surface area contributed by atoms with Crippen LogP contribution in [0.25, 0.3) is 0 Å². The van der Waals surface area contributed by atoms with Crippen molar-refractivity contribution < 1.29 is 14.4 Å². The number of aldehydes is 1. The summed E-state index contributed by atoms with van der Waals surface area (Å²) < 4.78 is 0. The smallest absolute Gasteiger partial charge is 0.243 e. The number of nitrogens with one attached hydrogen (secondary N) is 3. The maximum atomic E-state index is 12.2. The Labute approximate surface area is 216 Å². The second-order valence-corrected chi connectivity index (χ2v) is 11.4. The Balaban J connectivity index is 1.41. The van der Waals surface area contributed by atoms with E-state index in [1.807, 2.05) is 0 Å². The fourth-order valence-electron chi connectivity index (χ4n) is 6.63. The number of hydrogen-bond donors (Lipinski definition) is 3. The minimum Gasteiger partial charge on any atom is -0.311 e. The van der Waals surface area contributed by atoms with Gasteiger partial charge in [-0.25, -0.2) is 0 Å². The average molecular weight is 496 g/mol. The van der Waals surface area contributed by atoms with Crippen LogP contribution in [0, 0.1) is 11.8 Å². The van der Waals surface area contributed by atoms with Gasteiger partial charge in [-0.15, -0.1) is 0 Å². The third kappa shape index (κ3) is 7.48. The predicted octanol–water partition coefficient (Wildman–Crippen LogP) is 4.37. The van der Waals surface area contributed by atoms with Crippen molar-refractivity contribution in [2.24, 2.45) is 11.8 Å². The van der Waals surface area contributed by atoms with Crippen molar-refractivity contribution >= 4 is 18.1 Å². The van der Waals surface area contributed by atoms with Gasteiger partial charge in [0.1, 0.15) is 6.29 Å². The molecule has 4 atom stereocenters. The standard InChI is InChI=1S/C30H45N3O3/c1-21(23-8-3-2-4-9-23)32-27-12-6-5-10-25(27)18-22-13-14-24(11-7-17-34)26(19-22)20-31-28-15-16-29(35)33-30(28)36/h13-14,17,19,21,23,25,27-28,31-32H,2-12,15-16,18,20H2,1H3,(H,33,35,36)/t21?,25-,27+,28?/m1/s1. The van der Waals surface area contributed by atoms with E-state index in [2.05, 4.69) is 41.1 Å². The first-order chi connectivity index (χ1) is 17.5. The van der Waals surface area contributed by atoms with Gasteiger partial charge in [0.15, 0.2) is 0 Å². The Morgan fingerprint density at radius 1 is 1.00 bits per heavy atom. The second kappa shape index (κ2) is 13.5. The highest BCUT2D eigenvalue weighted by Crippen LogP contribution is 2.31. The molecule has 0 aromatic heterocycles. The van der Waals surface area contributed by atoms with E-state index < -0.39 is 0 Å². The molecule has 2 unspecified atom stereocenters. The molecule has 198 valence electrons. The van der Waals surface area contributed by atoms with E-state index in [4.69, 9.17) is 0 Å². The van der Waals surface area contributed by atoms with E-state index in [1.54, 1.807) is 0 Å². The van der Waals surface area contributed by atoms with Crippen LogP contribution in [-0.4, -0.2) is 36.2 Å². The van der Waals surface area contributed by atoms with Crippen LogP contribution in [0.3, 0.4) is 0 Å². The van der Waals surface area contributed by atoms with E-state index in [0.717, 1.165) is 29.8 Å². The Bertz CT molecular complexity index is 895. The average Bonchev–Trinajstić information content (AvgIpc) is 2.89. The summed E-state index contributed by atoms with van der Waals surface area (Å²) in [5.74, 6) is 1.03. The summed E-state index contributed by atoms with van der Waals surface area (Å²) in [5, 5.41) is 9.86. The summed E-state index contributed by atoms with van der Waals surface area (Å²) in [6.07, 6.45) is 16.2. The number of imide groups is 1. The molecule has 1 heterocycles. The van der Waals surface area contributed by atoms with Gasteiger partial charge in [-0.3, -0.25) is 14.9 Å². The first kappa shape index (κ1) is 27.0. The van der Waals surface area contributed by atoms with Gasteiger partial charge in [0.05, 0.1) is 6.04 Å². The maximum Gasteiger partial charge on any atom is 0.243 e. The molecule has 0 radical (unpaired) electrons. The van der Waals surface area contributed by atoms with Crippen molar-refractivity contribution in [1.29, 1.82) is 0 Å². The van der Waals surface area contributed by atoms with Crippen LogP contribution in [0.4, 0.5) is 0 Å². The molecule has 0 bridgehead atoms. The van der Waals surface area contributed by atoms with Crippen molar-refractivity contribution in [3.8, 4) is 0 Å². The highest BCUT2D eigenvalue weighted by atomic mass is 16.2. The zero-order valence-electron chi connectivity index (χ0n) is 22.0. The zero-order valence-corrected chi connectivity index (χ0v) is 22.0. The zero-order chi connectivity index (χ0) is 25.3. The number of hydrogen-bond acceptors (Lipinski definition) is 5. The van der Waals surface area contributed by atoms with Crippen LogP contribution in [-0.2, 0) is 33.8 Å². The number of rotatable bonds is 11. The maximum absolute atomic E-state index is 12.2. The second-order valence-electron chi connectivity index (χ2n) is 11.4. The molecule has 1 saturated heterocycles. The van der Waals surface area contributed by atoms with Gasteiger partial charge in [0.25, 0.3) is 0 Å². The van der Waals surface area contributed by atoms with Crippen LogP contribution >= 0.6 is 0 Å². The van der Waals surface area contributed by atoms with Gasteiger partial charge >= 0.3 is 0 Å². The number of piperidine rings is 1. The lowest BCUT2D eigenvalue weighted by molar-refractivity contribution is -0.134. The van der Waals surface area contributed by atoms with Gasteiger partial charge in [-0.2, -0.15) is 0 Å². The monoisotopic (exact) mass is 495 g/mol. The van der Waals surface area contributed by atoms with Crippen LogP contribution in [0.1, 0.15) is 101 Å². The summed E-state index contributed by atoms with van der Waals surface area (Å²) in [5.41, 5.74) is 3.67. The first-order valence-electron chi connectivity index (χ1n) is 14.4. The molecule has 2 saturated carbocycles. The van der Waals surface area contributed by atoms with Gasteiger partial charge in [0, 0.05) is 31.5 Å². The van der Waals surface area contributed by atoms with E-state index in [0.29, 0.717) is 50.2 Å². The molecule has 1 aromatic rings. The molecular weight excluding hydrogens is 450 g/mol. The number of amides is 2. The Morgan fingerprint density at radius 3 is 2.56 bits per heavy atom. The highest BCUT2D eigenvalue weighted by molar-refractivity contribution is 6.00. The van der Waals surface area contributed by atoms with Crippen molar-refractivity contribution in [3.63, 3.8) is 0 Å². The molecule has 0 spiro atoms. The normalized spacial score (nSPS) is 26.4. The molecule has 3 N–H and O–H groups in total. The summed E-state index contributed by atoms with van der Waals surface area (Å²) in [7, 11) is 0. The summed E-state index contributed by atoms with van der Waals surface area (Å²) in [4.78, 5) is 34.7. The predicted molar refractivity (Wildman–Crippen MR) is 142 cm³/mol. The Morgan fingerprint density at radius 2 is 1.78 bits per heavy atom. The fourth-order valence-corrected chi connectivity index (χ4v) is 6.63. The Hall–Kier alpha value is -2.05. The molecular formula is C30H45N3O3. The number of carbonyl (C=O) groups excluding carboxylic acids is 3. The lowest BCUT2D eigenvalue weighted by Gasteiger charge is -2.38. The molecule has 36 heavy (non-hydrogen) atoms. The Kier molecular flexibility index (Phi) is 10.1. The minimum atomic E-state index is -0.349. The quantitative estimate of drug-likeness (QED) is 0.313. The summed E-state index contributed by atoms with van der Waals surface area (Å²) >= 11 is 0. The van der Waals surface area contributed by atoms with Crippen molar-refractivity contribution in [3.05, 3.63) is 34.9 Å². The van der Waals surface area contributed by atoms with Gasteiger partial charge in [0.2, 0.25) is 11.8 Å². The largest absolute Gasteiger partial charge is 0.311 e. The van der Waals surface area contributed by atoms with Gasteiger partial charge in [-0.1, -0.05) is 50.3 Å². The molecule has 2 amide bonds. The van der Waals surface area contributed by atoms with Crippen LogP contribution < -0.4 is 16.0 Å². The molecule has 6 heteroatoms. The fraction of sp³-hybridized carbons (Fsp3) is 0.700. The van der Waals surface area contributed by atoms with Gasteiger partial charge in [-0.05, 0) is 80.4 Å². The summed E-state index contributed by atoms with van der Waals surface area (Å²) in [6.45, 7) is 2.97. The third-order valence-electron chi connectivity index (χ3n) is 8.82. The number of aryl methyl sites for hydroxylation is 1. The molecule has 4 rings (SSSR count). The molecule has 1 aromatic carbocycles. The van der Waals surface area contributed by atoms with Crippen LogP contribution in [0.5, 0.6) is 0 Å². The molecule has 1 aliphatic heterocycles. The van der Waals surface area contributed by atoms with Gasteiger partial charge < -0.3 is 15.4 Å². The minimum absolute atomic E-state index is 0.194. The van der Waals surface area contributed by atoms with E-state index in [9.17, 15) is 14.4 Å². The van der Waals surface area contributed by atoms with Crippen molar-refractivity contribution in [2.45, 2.75) is 121 Å². The lowest BCUT2D eigenvalue weighted by atomic mass is 9.78. The lowest BCUT2D eigenvalue weighted by Crippen LogP contribution is -2.50. The SMILES string of the molecule is CC(N[C@H]1CCCC[C@@H]1Cc1ccc(CCC=O)c(CNC2CCC(=O)NC2=O)c1)C1CCCCC1. The third-order valence-corrected chi connectivity index (χ3v) is 8.82. The van der Waals surface area contributed by atoms with Crippen LogP contribution in [0.15, 0.2) is 18.2 Å². The first-order valence-corrected chi connectivity index (χ1v) is 14.4. The number of benzene rings is 1. The van der Waals surface area contributed by atoms with E-state index in [1.165, 1.54) is 63.4 Å².